The summed E-state index contributed by atoms with van der Waals surface area (Å²) < 4.78 is 0. The highest BCUT2D eigenvalue weighted by molar-refractivity contribution is 5.91. The number of amides is 1. The first kappa shape index (κ1) is 18.1. The number of hydrogen-bond acceptors (Lipinski definition) is 2. The fourth-order valence-corrected chi connectivity index (χ4v) is 4.31. The zero-order chi connectivity index (χ0) is 18.5. The monoisotopic (exact) mass is 364 g/mol. The highest BCUT2D eigenvalue weighted by atomic mass is 16.2. The van der Waals surface area contributed by atoms with Gasteiger partial charge in [0.05, 0.1) is 6.54 Å². The fourth-order valence-electron chi connectivity index (χ4n) is 4.31. The van der Waals surface area contributed by atoms with Crippen molar-refractivity contribution in [2.45, 2.75) is 38.6 Å². The zero-order valence-electron chi connectivity index (χ0n) is 16.0. The van der Waals surface area contributed by atoms with Crippen LogP contribution < -0.4 is 15.1 Å². The number of benzene rings is 2. The van der Waals surface area contributed by atoms with Crippen LogP contribution >= 0.6 is 0 Å². The molecule has 2 aliphatic rings. The predicted octanol–water partition coefficient (Wildman–Crippen LogP) is 2.65. The third-order valence-electron chi connectivity index (χ3n) is 5.84. The van der Waals surface area contributed by atoms with Crippen molar-refractivity contribution >= 4 is 17.3 Å². The van der Waals surface area contributed by atoms with Gasteiger partial charge in [0, 0.05) is 36.4 Å². The highest BCUT2D eigenvalue weighted by Gasteiger charge is 2.21. The molecule has 0 spiro atoms. The Hall–Kier alpha value is -2.33. The standard InChI is InChI=1S/C23H29N3O/c27-23(18-25-16-13-19-7-3-4-8-20(19)17-25)24-21-9-11-22(12-10-21)26-14-5-1-2-6-15-26/h3-4,7-12H,1-2,5-6,13-18H2,(H,24,27)/p+1. The molecule has 2 aliphatic heterocycles. The second kappa shape index (κ2) is 8.57. The number of hydrogen-bond donors (Lipinski definition) is 2. The van der Waals surface area contributed by atoms with Crippen molar-refractivity contribution in [2.24, 2.45) is 0 Å². The van der Waals surface area contributed by atoms with Gasteiger partial charge in [-0.15, -0.1) is 0 Å². The highest BCUT2D eigenvalue weighted by Crippen LogP contribution is 2.21. The van der Waals surface area contributed by atoms with Gasteiger partial charge >= 0.3 is 0 Å². The first-order valence-corrected chi connectivity index (χ1v) is 10.3. The van der Waals surface area contributed by atoms with Gasteiger partial charge in [0.25, 0.3) is 5.91 Å². The third-order valence-corrected chi connectivity index (χ3v) is 5.84. The minimum absolute atomic E-state index is 0.104. The normalized spacial score (nSPS) is 19.9. The van der Waals surface area contributed by atoms with Gasteiger partial charge in [-0.2, -0.15) is 0 Å². The van der Waals surface area contributed by atoms with Crippen LogP contribution in [0, 0.1) is 0 Å². The molecule has 27 heavy (non-hydrogen) atoms. The van der Waals surface area contributed by atoms with E-state index in [2.05, 4.69) is 46.6 Å². The lowest BCUT2D eigenvalue weighted by atomic mass is 10.00. The zero-order valence-corrected chi connectivity index (χ0v) is 16.0. The summed E-state index contributed by atoms with van der Waals surface area (Å²) in [6.45, 7) is 4.79. The van der Waals surface area contributed by atoms with Crippen LogP contribution in [0.1, 0.15) is 36.8 Å². The molecule has 1 saturated heterocycles. The average Bonchev–Trinajstić information content (AvgIpc) is 2.98. The molecule has 0 aliphatic carbocycles. The van der Waals surface area contributed by atoms with E-state index in [0.717, 1.165) is 38.3 Å². The quantitative estimate of drug-likeness (QED) is 0.875. The maximum Gasteiger partial charge on any atom is 0.279 e. The Morgan fingerprint density at radius 1 is 0.926 bits per heavy atom. The van der Waals surface area contributed by atoms with Crippen LogP contribution in [-0.4, -0.2) is 32.1 Å². The van der Waals surface area contributed by atoms with Gasteiger partial charge in [-0.25, -0.2) is 0 Å². The van der Waals surface area contributed by atoms with Crippen LogP contribution in [0.3, 0.4) is 0 Å². The first-order chi connectivity index (χ1) is 13.3. The van der Waals surface area contributed by atoms with Crippen molar-refractivity contribution in [2.75, 3.05) is 36.4 Å². The molecule has 2 aromatic carbocycles. The number of carbonyl (C=O) groups excluding carboxylic acids is 1. The second-order valence-corrected chi connectivity index (χ2v) is 7.87. The molecule has 0 aromatic heterocycles. The van der Waals surface area contributed by atoms with Crippen molar-refractivity contribution in [3.63, 3.8) is 0 Å². The summed E-state index contributed by atoms with van der Waals surface area (Å²) in [4.78, 5) is 16.3. The van der Waals surface area contributed by atoms with E-state index in [1.165, 1.54) is 47.4 Å². The molecule has 1 atom stereocenters. The van der Waals surface area contributed by atoms with Crippen molar-refractivity contribution in [1.29, 1.82) is 0 Å². The lowest BCUT2D eigenvalue weighted by Gasteiger charge is -2.25. The Labute approximate surface area is 162 Å². The number of quaternary nitrogens is 1. The van der Waals surface area contributed by atoms with Gasteiger partial charge in [0.15, 0.2) is 6.54 Å². The van der Waals surface area contributed by atoms with E-state index in [0.29, 0.717) is 6.54 Å². The van der Waals surface area contributed by atoms with Crippen molar-refractivity contribution in [1.82, 2.24) is 0 Å². The molecule has 0 saturated carbocycles. The van der Waals surface area contributed by atoms with Crippen molar-refractivity contribution < 1.29 is 9.69 Å². The lowest BCUT2D eigenvalue weighted by molar-refractivity contribution is -0.907. The number of nitrogens with zero attached hydrogens (tertiary/aromatic N) is 1. The molecule has 4 rings (SSSR count). The molecular formula is C23H30N3O+. The van der Waals surface area contributed by atoms with Gasteiger partial charge in [-0.3, -0.25) is 4.79 Å². The van der Waals surface area contributed by atoms with E-state index in [1.54, 1.807) is 0 Å². The molecule has 4 heteroatoms. The Morgan fingerprint density at radius 2 is 1.63 bits per heavy atom. The Bertz CT molecular complexity index is 763. The summed E-state index contributed by atoms with van der Waals surface area (Å²) in [6, 6.07) is 17.0. The number of nitrogens with one attached hydrogen (secondary N) is 2. The fraction of sp³-hybridized carbons (Fsp3) is 0.435. The van der Waals surface area contributed by atoms with Crippen LogP contribution in [0.15, 0.2) is 48.5 Å². The van der Waals surface area contributed by atoms with E-state index in [4.69, 9.17) is 0 Å². The smallest absolute Gasteiger partial charge is 0.279 e. The van der Waals surface area contributed by atoms with Gasteiger partial charge in [0.2, 0.25) is 0 Å². The molecular weight excluding hydrogens is 334 g/mol. The second-order valence-electron chi connectivity index (χ2n) is 7.87. The Morgan fingerprint density at radius 3 is 2.37 bits per heavy atom. The van der Waals surface area contributed by atoms with Crippen molar-refractivity contribution in [3.8, 4) is 0 Å². The number of fused-ring (bicyclic) bond motifs is 1. The van der Waals surface area contributed by atoms with Crippen LogP contribution in [-0.2, 0) is 17.8 Å². The van der Waals surface area contributed by atoms with Gasteiger partial charge in [-0.1, -0.05) is 37.1 Å². The number of rotatable bonds is 4. The molecule has 0 bridgehead atoms. The van der Waals surface area contributed by atoms with Crippen LogP contribution in [0.25, 0.3) is 0 Å². The van der Waals surface area contributed by atoms with E-state index in [9.17, 15) is 4.79 Å². The maximum absolute atomic E-state index is 12.5. The summed E-state index contributed by atoms with van der Waals surface area (Å²) in [5, 5.41) is 3.08. The molecule has 1 amide bonds. The average molecular weight is 365 g/mol. The van der Waals surface area contributed by atoms with E-state index < -0.39 is 0 Å². The van der Waals surface area contributed by atoms with E-state index in [1.807, 2.05) is 12.1 Å². The molecule has 2 N–H and O–H groups in total. The van der Waals surface area contributed by atoms with Gasteiger partial charge < -0.3 is 15.1 Å². The van der Waals surface area contributed by atoms with Gasteiger partial charge in [-0.05, 0) is 42.7 Å². The molecule has 2 heterocycles. The Balaban J connectivity index is 1.30. The largest absolute Gasteiger partial charge is 0.372 e. The third kappa shape index (κ3) is 4.69. The van der Waals surface area contributed by atoms with Crippen LogP contribution in [0.5, 0.6) is 0 Å². The number of anilines is 2. The summed E-state index contributed by atoms with van der Waals surface area (Å²) in [5.41, 5.74) is 4.99. The molecule has 1 unspecified atom stereocenters. The molecule has 0 radical (unpaired) electrons. The molecule has 142 valence electrons. The topological polar surface area (TPSA) is 36.8 Å². The van der Waals surface area contributed by atoms with E-state index >= 15 is 0 Å². The number of carbonyl (C=O) groups is 1. The van der Waals surface area contributed by atoms with Crippen molar-refractivity contribution in [3.05, 3.63) is 59.7 Å². The minimum Gasteiger partial charge on any atom is -0.372 e. The molecule has 2 aromatic rings. The summed E-state index contributed by atoms with van der Waals surface area (Å²) >= 11 is 0. The minimum atomic E-state index is 0.104. The predicted molar refractivity (Wildman–Crippen MR) is 110 cm³/mol. The maximum atomic E-state index is 12.5. The van der Waals surface area contributed by atoms with Gasteiger partial charge in [0.1, 0.15) is 6.54 Å². The Kier molecular flexibility index (Phi) is 5.73. The summed E-state index contributed by atoms with van der Waals surface area (Å²) in [7, 11) is 0. The first-order valence-electron chi connectivity index (χ1n) is 10.3. The molecule has 4 nitrogen and oxygen atoms in total. The molecule has 1 fully saturated rings. The lowest BCUT2D eigenvalue weighted by Crippen LogP contribution is -3.12. The SMILES string of the molecule is O=C(C[NH+]1CCc2ccccc2C1)Nc1ccc(N2CCCCCC2)cc1. The van der Waals surface area contributed by atoms with Crippen LogP contribution in [0.2, 0.25) is 0 Å². The summed E-state index contributed by atoms with van der Waals surface area (Å²) in [6.07, 6.45) is 6.30. The van der Waals surface area contributed by atoms with E-state index in [-0.39, 0.29) is 5.91 Å². The van der Waals surface area contributed by atoms with Crippen LogP contribution in [0.4, 0.5) is 11.4 Å². The summed E-state index contributed by atoms with van der Waals surface area (Å²) in [5.74, 6) is 0.104.